The summed E-state index contributed by atoms with van der Waals surface area (Å²) in [6.45, 7) is 0.441. The number of halogens is 1. The molecule has 1 amide bonds. The van der Waals surface area contributed by atoms with E-state index >= 15 is 0 Å². The van der Waals surface area contributed by atoms with E-state index in [-0.39, 0.29) is 5.91 Å². The predicted octanol–water partition coefficient (Wildman–Crippen LogP) is 5.91. The van der Waals surface area contributed by atoms with E-state index in [0.717, 1.165) is 21.2 Å². The molecule has 1 N–H and O–H groups in total. The lowest BCUT2D eigenvalue weighted by Crippen LogP contribution is -2.16. The highest BCUT2D eigenvalue weighted by Crippen LogP contribution is 2.35. The lowest BCUT2D eigenvalue weighted by Gasteiger charge is -2.11. The molecule has 3 aromatic carbocycles. The summed E-state index contributed by atoms with van der Waals surface area (Å²) in [5.74, 6) is 0.862. The van der Waals surface area contributed by atoms with Crippen LogP contribution < -0.4 is 14.9 Å². The summed E-state index contributed by atoms with van der Waals surface area (Å²) in [5, 5.41) is 5.35. The number of hydrogen-bond donors (Lipinski definition) is 1. The van der Waals surface area contributed by atoms with Crippen LogP contribution in [0.1, 0.15) is 20.8 Å². The Bertz CT molecular complexity index is 1240. The van der Waals surface area contributed by atoms with Gasteiger partial charge in [-0.1, -0.05) is 60.1 Å². The van der Waals surface area contributed by atoms with Crippen molar-refractivity contribution in [1.29, 1.82) is 0 Å². The zero-order valence-corrected chi connectivity index (χ0v) is 18.2. The van der Waals surface area contributed by atoms with E-state index in [1.807, 2.05) is 66.7 Å². The third-order valence-electron chi connectivity index (χ3n) is 4.55. The van der Waals surface area contributed by atoms with Gasteiger partial charge in [0.1, 0.15) is 11.5 Å². The Labute approximate surface area is 188 Å². The van der Waals surface area contributed by atoms with Gasteiger partial charge in [0.05, 0.1) is 18.3 Å². The number of nitrogens with one attached hydrogen (secondary N) is 1. The van der Waals surface area contributed by atoms with Crippen LogP contribution in [0.4, 0.5) is 0 Å². The normalized spacial score (nSPS) is 11.0. The number of hydrogen-bond acceptors (Lipinski definition) is 5. The Morgan fingerprint density at radius 3 is 2.61 bits per heavy atom. The van der Waals surface area contributed by atoms with E-state index < -0.39 is 0 Å². The molecular weight excluding hydrogens is 432 g/mol. The van der Waals surface area contributed by atoms with Crippen molar-refractivity contribution in [2.45, 2.75) is 6.61 Å². The molecule has 0 aliphatic rings. The van der Waals surface area contributed by atoms with E-state index in [0.29, 0.717) is 28.0 Å². The summed E-state index contributed by atoms with van der Waals surface area (Å²) in [4.78, 5) is 12.9. The molecule has 4 aromatic rings. The largest absolute Gasteiger partial charge is 0.493 e. The van der Waals surface area contributed by atoms with Crippen molar-refractivity contribution in [3.63, 3.8) is 0 Å². The van der Waals surface area contributed by atoms with Crippen LogP contribution in [0, 0.1) is 0 Å². The lowest BCUT2D eigenvalue weighted by molar-refractivity contribution is 0.0959. The number of benzene rings is 3. The number of amides is 1. The van der Waals surface area contributed by atoms with Crippen LogP contribution in [-0.4, -0.2) is 19.2 Å². The molecule has 31 heavy (non-hydrogen) atoms. The van der Waals surface area contributed by atoms with Crippen molar-refractivity contribution < 1.29 is 14.3 Å². The number of fused-ring (bicyclic) bond motifs is 1. The smallest absolute Gasteiger partial charge is 0.283 e. The molecule has 0 saturated carbocycles. The molecular formula is C24H19ClN2O3S. The number of hydrazone groups is 1. The van der Waals surface area contributed by atoms with Gasteiger partial charge < -0.3 is 9.47 Å². The first-order valence-electron chi connectivity index (χ1n) is 9.51. The second-order valence-electron chi connectivity index (χ2n) is 6.63. The van der Waals surface area contributed by atoms with E-state index in [2.05, 4.69) is 10.5 Å². The quantitative estimate of drug-likeness (QED) is 0.281. The summed E-state index contributed by atoms with van der Waals surface area (Å²) >= 11 is 7.68. The molecule has 0 fully saturated rings. The van der Waals surface area contributed by atoms with Gasteiger partial charge in [-0.25, -0.2) is 5.43 Å². The monoisotopic (exact) mass is 450 g/mol. The maximum absolute atomic E-state index is 12.5. The number of carbonyl (C=O) groups excluding carboxylic acids is 1. The summed E-state index contributed by atoms with van der Waals surface area (Å²) in [6, 6.07) is 23.0. The minimum Gasteiger partial charge on any atom is -0.493 e. The molecule has 156 valence electrons. The van der Waals surface area contributed by atoms with Crippen molar-refractivity contribution in [2.24, 2.45) is 5.10 Å². The van der Waals surface area contributed by atoms with Crippen molar-refractivity contribution in [3.05, 3.63) is 93.8 Å². The fraction of sp³-hybridized carbons (Fsp3) is 0.0833. The number of thiophene rings is 1. The maximum Gasteiger partial charge on any atom is 0.283 e. The first-order chi connectivity index (χ1) is 15.2. The average molecular weight is 451 g/mol. The van der Waals surface area contributed by atoms with Crippen molar-refractivity contribution in [3.8, 4) is 11.5 Å². The van der Waals surface area contributed by atoms with Gasteiger partial charge in [-0.2, -0.15) is 5.10 Å². The standard InChI is InChI=1S/C24H19ClN2O3S/c1-29-20-13-17(11-12-19(20)30-15-16-7-3-2-4-8-16)14-26-27-24(28)23-22(25)18-9-5-6-10-21(18)31-23/h2-14H,15H2,1H3,(H,27,28)/b26-14+. The van der Waals surface area contributed by atoms with Gasteiger partial charge in [0, 0.05) is 10.1 Å². The van der Waals surface area contributed by atoms with E-state index in [1.165, 1.54) is 11.3 Å². The van der Waals surface area contributed by atoms with Crippen molar-refractivity contribution in [1.82, 2.24) is 5.43 Å². The Morgan fingerprint density at radius 1 is 1.06 bits per heavy atom. The third kappa shape index (κ3) is 4.87. The van der Waals surface area contributed by atoms with E-state index in [9.17, 15) is 4.79 Å². The number of rotatable bonds is 7. The molecule has 0 atom stereocenters. The number of nitrogens with zero attached hydrogens (tertiary/aromatic N) is 1. The Balaban J connectivity index is 1.42. The highest BCUT2D eigenvalue weighted by atomic mass is 35.5. The number of carbonyl (C=O) groups is 1. The molecule has 0 bridgehead atoms. The second kappa shape index (κ2) is 9.64. The molecule has 0 aliphatic heterocycles. The highest BCUT2D eigenvalue weighted by Gasteiger charge is 2.16. The lowest BCUT2D eigenvalue weighted by atomic mass is 10.2. The fourth-order valence-corrected chi connectivity index (χ4v) is 4.40. The number of methoxy groups -OCH3 is 1. The summed E-state index contributed by atoms with van der Waals surface area (Å²) in [5.41, 5.74) is 4.36. The zero-order valence-electron chi connectivity index (χ0n) is 16.7. The molecule has 0 radical (unpaired) electrons. The van der Waals surface area contributed by atoms with E-state index in [1.54, 1.807) is 19.4 Å². The van der Waals surface area contributed by atoms with Crippen LogP contribution in [-0.2, 0) is 6.61 Å². The molecule has 1 aromatic heterocycles. The summed E-state index contributed by atoms with van der Waals surface area (Å²) in [7, 11) is 1.58. The van der Waals surface area contributed by atoms with Crippen LogP contribution >= 0.6 is 22.9 Å². The van der Waals surface area contributed by atoms with Crippen LogP contribution in [0.3, 0.4) is 0 Å². The predicted molar refractivity (Wildman–Crippen MR) is 126 cm³/mol. The van der Waals surface area contributed by atoms with Crippen molar-refractivity contribution in [2.75, 3.05) is 7.11 Å². The molecule has 0 saturated heterocycles. The van der Waals surface area contributed by atoms with Crippen LogP contribution in [0.25, 0.3) is 10.1 Å². The minimum atomic E-state index is -0.350. The van der Waals surface area contributed by atoms with Crippen LogP contribution in [0.15, 0.2) is 77.9 Å². The first-order valence-corrected chi connectivity index (χ1v) is 10.7. The Morgan fingerprint density at radius 2 is 1.84 bits per heavy atom. The molecule has 0 aliphatic carbocycles. The number of ether oxygens (including phenoxy) is 2. The van der Waals surface area contributed by atoms with Crippen LogP contribution in [0.2, 0.25) is 5.02 Å². The van der Waals surface area contributed by atoms with Gasteiger partial charge in [0.15, 0.2) is 11.5 Å². The molecule has 0 spiro atoms. The van der Waals surface area contributed by atoms with E-state index in [4.69, 9.17) is 21.1 Å². The Hall–Kier alpha value is -3.35. The average Bonchev–Trinajstić information content (AvgIpc) is 3.15. The zero-order chi connectivity index (χ0) is 21.6. The van der Waals surface area contributed by atoms with Gasteiger partial charge in [0.25, 0.3) is 5.91 Å². The second-order valence-corrected chi connectivity index (χ2v) is 8.06. The van der Waals surface area contributed by atoms with Crippen molar-refractivity contribution >= 4 is 45.1 Å². The molecule has 0 unspecified atom stereocenters. The molecule has 4 rings (SSSR count). The topological polar surface area (TPSA) is 59.9 Å². The van der Waals surface area contributed by atoms with Gasteiger partial charge in [-0.3, -0.25) is 4.79 Å². The molecule has 7 heteroatoms. The van der Waals surface area contributed by atoms with Crippen LogP contribution in [0.5, 0.6) is 11.5 Å². The highest BCUT2D eigenvalue weighted by molar-refractivity contribution is 7.21. The first kappa shape index (κ1) is 20.9. The minimum absolute atomic E-state index is 0.350. The van der Waals surface area contributed by atoms with Gasteiger partial charge in [-0.05, 0) is 35.4 Å². The maximum atomic E-state index is 12.5. The SMILES string of the molecule is COc1cc(/C=N/NC(=O)c2sc3ccccc3c2Cl)ccc1OCc1ccccc1. The molecule has 1 heterocycles. The van der Waals surface area contributed by atoms with Gasteiger partial charge in [0.2, 0.25) is 0 Å². The molecule has 5 nitrogen and oxygen atoms in total. The summed E-state index contributed by atoms with van der Waals surface area (Å²) < 4.78 is 12.2. The summed E-state index contributed by atoms with van der Waals surface area (Å²) in [6.07, 6.45) is 1.54. The Kier molecular flexibility index (Phi) is 6.50. The van der Waals surface area contributed by atoms with Gasteiger partial charge >= 0.3 is 0 Å². The fourth-order valence-electron chi connectivity index (χ4n) is 3.00. The van der Waals surface area contributed by atoms with Gasteiger partial charge in [-0.15, -0.1) is 11.3 Å². The third-order valence-corrected chi connectivity index (χ3v) is 6.22.